The molecule has 0 bridgehead atoms. The van der Waals surface area contributed by atoms with E-state index in [0.29, 0.717) is 0 Å². The summed E-state index contributed by atoms with van der Waals surface area (Å²) < 4.78 is 0. The van der Waals surface area contributed by atoms with Gasteiger partial charge in [-0.2, -0.15) is 0 Å². The zero-order chi connectivity index (χ0) is 4.00. The van der Waals surface area contributed by atoms with Gasteiger partial charge in [-0.15, -0.1) is 0 Å². The SMILES string of the molecule is CC.CC.[U]. The third kappa shape index (κ3) is 42.5. The maximum absolute atomic E-state index is 2.00. The molecule has 0 unspecified atom stereocenters. The van der Waals surface area contributed by atoms with Crippen LogP contribution in [0.4, 0.5) is 0 Å². The standard InChI is InChI=1S/2C2H6.U/c2*1-2;/h2*1-2H3;. The van der Waals surface area contributed by atoms with E-state index in [9.17, 15) is 0 Å². The van der Waals surface area contributed by atoms with E-state index in [0.717, 1.165) is 0 Å². The molecule has 0 fully saturated rings. The van der Waals surface area contributed by atoms with E-state index in [4.69, 9.17) is 0 Å². The van der Waals surface area contributed by atoms with Crippen molar-refractivity contribution in [2.24, 2.45) is 0 Å². The van der Waals surface area contributed by atoms with Crippen LogP contribution in [0.25, 0.3) is 0 Å². The van der Waals surface area contributed by atoms with E-state index in [2.05, 4.69) is 0 Å². The van der Waals surface area contributed by atoms with Gasteiger partial charge in [-0.1, -0.05) is 27.7 Å². The molecule has 0 amide bonds. The Hall–Kier alpha value is 1.05. The molecule has 0 heterocycles. The van der Waals surface area contributed by atoms with Gasteiger partial charge in [0, 0.05) is 31.1 Å². The average molecular weight is 298 g/mol. The molecule has 0 aromatic carbocycles. The van der Waals surface area contributed by atoms with Crippen molar-refractivity contribution in [3.8, 4) is 0 Å². The van der Waals surface area contributed by atoms with E-state index < -0.39 is 0 Å². The van der Waals surface area contributed by atoms with Gasteiger partial charge >= 0.3 is 0 Å². The van der Waals surface area contributed by atoms with Gasteiger partial charge < -0.3 is 0 Å². The van der Waals surface area contributed by atoms with Crippen LogP contribution in [0.2, 0.25) is 0 Å². The van der Waals surface area contributed by atoms with Crippen molar-refractivity contribution in [1.82, 2.24) is 0 Å². The molecule has 0 aliphatic heterocycles. The smallest absolute Gasteiger partial charge is 0 e. The summed E-state index contributed by atoms with van der Waals surface area (Å²) in [7, 11) is 0. The predicted molar refractivity (Wildman–Crippen MR) is 22.7 cm³/mol. The molecule has 0 nitrogen and oxygen atoms in total. The first-order valence-electron chi connectivity index (χ1n) is 2.00. The van der Waals surface area contributed by atoms with Gasteiger partial charge in [0.25, 0.3) is 0 Å². The van der Waals surface area contributed by atoms with Crippen molar-refractivity contribution < 1.29 is 31.1 Å². The third-order valence-corrected chi connectivity index (χ3v) is 0. The molecule has 1 heteroatoms. The van der Waals surface area contributed by atoms with Crippen LogP contribution in [0.3, 0.4) is 0 Å². The summed E-state index contributed by atoms with van der Waals surface area (Å²) >= 11 is 0. The quantitative estimate of drug-likeness (QED) is 0.642. The van der Waals surface area contributed by atoms with Crippen molar-refractivity contribution in [3.63, 3.8) is 0 Å². The van der Waals surface area contributed by atoms with Gasteiger partial charge in [0.2, 0.25) is 0 Å². The summed E-state index contributed by atoms with van der Waals surface area (Å²) in [4.78, 5) is 0. The Morgan fingerprint density at radius 3 is 0.600 bits per heavy atom. The zero-order valence-electron chi connectivity index (χ0n) is 4.50. The van der Waals surface area contributed by atoms with Gasteiger partial charge in [0.15, 0.2) is 0 Å². The van der Waals surface area contributed by atoms with E-state index in [1.165, 1.54) is 0 Å². The first-order chi connectivity index (χ1) is 2.00. The fourth-order valence-electron chi connectivity index (χ4n) is 0. The van der Waals surface area contributed by atoms with Crippen LogP contribution in [0.1, 0.15) is 27.7 Å². The van der Waals surface area contributed by atoms with Crippen LogP contribution in [-0.2, 0) is 0 Å². The Kier molecular flexibility index (Phi) is 249. The van der Waals surface area contributed by atoms with Crippen molar-refractivity contribution in [1.29, 1.82) is 0 Å². The maximum atomic E-state index is 2.00. The summed E-state index contributed by atoms with van der Waals surface area (Å²) in [5, 5.41) is 0. The third-order valence-electron chi connectivity index (χ3n) is 0. The molecule has 0 N–H and O–H groups in total. The first kappa shape index (κ1) is 16.6. The van der Waals surface area contributed by atoms with Crippen LogP contribution in [0, 0.1) is 31.1 Å². The molecule has 0 aliphatic carbocycles. The molecule has 0 radical (unpaired) electrons. The number of hydrogen-bond acceptors (Lipinski definition) is 0. The van der Waals surface area contributed by atoms with Gasteiger partial charge in [0.05, 0.1) is 0 Å². The summed E-state index contributed by atoms with van der Waals surface area (Å²) in [6.45, 7) is 8.00. The molecule has 0 spiro atoms. The fourth-order valence-corrected chi connectivity index (χ4v) is 0. The summed E-state index contributed by atoms with van der Waals surface area (Å²) in [5.74, 6) is 0. The molecule has 0 aliphatic rings. The molecule has 0 saturated heterocycles. The number of hydrogen-bond donors (Lipinski definition) is 0. The monoisotopic (exact) mass is 298 g/mol. The fraction of sp³-hybridized carbons (Fsp3) is 1.00. The Bertz CT molecular complexity index is 3.61. The van der Waals surface area contributed by atoms with Gasteiger partial charge in [0.1, 0.15) is 0 Å². The predicted octanol–water partition coefficient (Wildman–Crippen LogP) is 2.05. The second kappa shape index (κ2) is 75.0. The van der Waals surface area contributed by atoms with E-state index in [1.54, 1.807) is 0 Å². The first-order valence-corrected chi connectivity index (χ1v) is 2.00. The molecular formula is C4H12U. The van der Waals surface area contributed by atoms with Gasteiger partial charge in [-0.05, 0) is 0 Å². The molecule has 0 saturated carbocycles. The molecule has 0 aromatic heterocycles. The topological polar surface area (TPSA) is 0 Å². The van der Waals surface area contributed by atoms with Crippen LogP contribution >= 0.6 is 0 Å². The number of rotatable bonds is 0. The van der Waals surface area contributed by atoms with Crippen LogP contribution in [0.15, 0.2) is 0 Å². The molecule has 0 rings (SSSR count). The Balaban J connectivity index is -0.0000000133. The molecular weight excluding hydrogens is 286 g/mol. The molecule has 0 atom stereocenters. The minimum Gasteiger partial charge on any atom is -0.0683 e. The van der Waals surface area contributed by atoms with E-state index in [-0.39, 0.29) is 31.1 Å². The Morgan fingerprint density at radius 1 is 0.600 bits per heavy atom. The molecule has 5 heavy (non-hydrogen) atoms. The van der Waals surface area contributed by atoms with Crippen LogP contribution in [0.5, 0.6) is 0 Å². The van der Waals surface area contributed by atoms with Gasteiger partial charge in [-0.25, -0.2) is 0 Å². The molecule has 32 valence electrons. The van der Waals surface area contributed by atoms with E-state index >= 15 is 0 Å². The Morgan fingerprint density at radius 2 is 0.600 bits per heavy atom. The minimum atomic E-state index is 0. The minimum absolute atomic E-state index is 0. The average Bonchev–Trinajstić information content (AvgIpc) is 1.50. The largest absolute Gasteiger partial charge is 0.0683 e. The second-order valence-electron chi connectivity index (χ2n) is 0. The second-order valence-corrected chi connectivity index (χ2v) is 0. The van der Waals surface area contributed by atoms with Crippen molar-refractivity contribution >= 4 is 0 Å². The summed E-state index contributed by atoms with van der Waals surface area (Å²) in [6, 6.07) is 0. The van der Waals surface area contributed by atoms with Crippen LogP contribution in [-0.4, -0.2) is 0 Å². The zero-order valence-corrected chi connectivity index (χ0v) is 8.66. The molecule has 0 aromatic rings. The Labute approximate surface area is 58.7 Å². The van der Waals surface area contributed by atoms with Crippen LogP contribution < -0.4 is 0 Å². The van der Waals surface area contributed by atoms with Crippen molar-refractivity contribution in [2.45, 2.75) is 27.7 Å². The summed E-state index contributed by atoms with van der Waals surface area (Å²) in [6.07, 6.45) is 0. The summed E-state index contributed by atoms with van der Waals surface area (Å²) in [5.41, 5.74) is 0. The van der Waals surface area contributed by atoms with Crippen molar-refractivity contribution in [3.05, 3.63) is 0 Å². The van der Waals surface area contributed by atoms with E-state index in [1.807, 2.05) is 27.7 Å². The van der Waals surface area contributed by atoms with Crippen molar-refractivity contribution in [2.75, 3.05) is 0 Å². The van der Waals surface area contributed by atoms with Gasteiger partial charge in [-0.3, -0.25) is 0 Å². The normalized spacial score (nSPS) is 2.40. The maximum Gasteiger partial charge on any atom is 0 e.